The van der Waals surface area contributed by atoms with E-state index in [0.717, 1.165) is 76.0 Å². The molecule has 60 heavy (non-hydrogen) atoms. The van der Waals surface area contributed by atoms with E-state index in [-0.39, 0.29) is 35.7 Å². The van der Waals surface area contributed by atoms with Crippen LogP contribution in [0.1, 0.15) is 87.2 Å². The van der Waals surface area contributed by atoms with E-state index < -0.39 is 24.3 Å². The molecule has 0 unspecified atom stereocenters. The second-order valence-electron chi connectivity index (χ2n) is 16.1. The van der Waals surface area contributed by atoms with Crippen LogP contribution in [0.25, 0.3) is 27.5 Å². The zero-order valence-electron chi connectivity index (χ0n) is 34.0. The minimum absolute atomic E-state index is 0.0396. The average Bonchev–Trinajstić information content (AvgIpc) is 4.10. The van der Waals surface area contributed by atoms with Crippen LogP contribution < -0.4 is 10.6 Å². The zero-order chi connectivity index (χ0) is 41.9. The molecule has 4 N–H and O–H groups in total. The van der Waals surface area contributed by atoms with Crippen LogP contribution >= 0.6 is 0 Å². The van der Waals surface area contributed by atoms with Crippen molar-refractivity contribution in [3.63, 3.8) is 0 Å². The number of alkyl carbamates (subject to hydrolysis) is 1. The summed E-state index contributed by atoms with van der Waals surface area (Å²) in [7, 11) is 1.30. The molecule has 3 aliphatic rings. The third kappa shape index (κ3) is 8.24. The number of carbonyl (C=O) groups excluding carboxylic acids is 3. The molecular formula is C45H50N8O7. The van der Waals surface area contributed by atoms with Crippen LogP contribution in [0.4, 0.5) is 9.59 Å². The van der Waals surface area contributed by atoms with Gasteiger partial charge in [0.2, 0.25) is 11.8 Å². The van der Waals surface area contributed by atoms with E-state index in [1.54, 1.807) is 11.1 Å². The first kappa shape index (κ1) is 40.4. The highest BCUT2D eigenvalue weighted by Gasteiger charge is 2.41. The number of benzene rings is 3. The fraction of sp³-hybridized carbons (Fsp3) is 0.422. The highest BCUT2D eigenvalue weighted by molar-refractivity contribution is 6.04. The number of amides is 4. The molecule has 3 aliphatic heterocycles. The summed E-state index contributed by atoms with van der Waals surface area (Å²) in [5, 5.41) is 16.5. The van der Waals surface area contributed by atoms with Crippen molar-refractivity contribution in [3.8, 4) is 17.5 Å². The monoisotopic (exact) mass is 814 g/mol. The third-order valence-electron chi connectivity index (χ3n) is 12.0. The number of likely N-dealkylation sites (tertiary alicyclic amines) is 2. The van der Waals surface area contributed by atoms with Gasteiger partial charge in [-0.05, 0) is 98.2 Å². The van der Waals surface area contributed by atoms with Crippen LogP contribution in [-0.2, 0) is 19.1 Å². The molecule has 5 aromatic rings. The Morgan fingerprint density at radius 2 is 1.58 bits per heavy atom. The highest BCUT2D eigenvalue weighted by atomic mass is 16.5. The van der Waals surface area contributed by atoms with E-state index in [0.29, 0.717) is 39.1 Å². The summed E-state index contributed by atoms with van der Waals surface area (Å²) in [6.07, 6.45) is 6.26. The minimum Gasteiger partial charge on any atom is -0.465 e. The fourth-order valence-electron chi connectivity index (χ4n) is 8.92. The summed E-state index contributed by atoms with van der Waals surface area (Å²) in [4.78, 5) is 68.1. The van der Waals surface area contributed by atoms with Crippen LogP contribution in [0, 0.1) is 23.7 Å². The fourth-order valence-corrected chi connectivity index (χ4v) is 8.92. The number of hydrogen-bond donors (Lipinski definition) is 4. The summed E-state index contributed by atoms with van der Waals surface area (Å²) in [6.45, 7) is 5.88. The van der Waals surface area contributed by atoms with Gasteiger partial charge in [0.05, 0.1) is 30.2 Å². The summed E-state index contributed by atoms with van der Waals surface area (Å²) < 4.78 is 12.4. The van der Waals surface area contributed by atoms with Gasteiger partial charge in [-0.1, -0.05) is 37.8 Å². The Labute approximate surface area is 347 Å². The molecule has 8 rings (SSSR count). The first-order chi connectivity index (χ1) is 29.1. The first-order valence-electron chi connectivity index (χ1n) is 20.7. The zero-order valence-corrected chi connectivity index (χ0v) is 34.0. The Morgan fingerprint density at radius 3 is 2.30 bits per heavy atom. The molecule has 312 valence electrons. The maximum Gasteiger partial charge on any atom is 0.407 e. The molecule has 0 radical (unpaired) electrons. The summed E-state index contributed by atoms with van der Waals surface area (Å²) in [5.41, 5.74) is 4.28. The second-order valence-corrected chi connectivity index (χ2v) is 16.1. The molecule has 4 amide bonds. The Morgan fingerprint density at radius 1 is 0.883 bits per heavy atom. The molecule has 2 aromatic heterocycles. The first-order valence-corrected chi connectivity index (χ1v) is 20.7. The van der Waals surface area contributed by atoms with Crippen LogP contribution in [0.2, 0.25) is 0 Å². The Balaban J connectivity index is 0.975. The Bertz CT molecular complexity index is 2460. The molecule has 0 saturated carbocycles. The van der Waals surface area contributed by atoms with Gasteiger partial charge < -0.3 is 44.6 Å². The number of hydrogen-bond acceptors (Lipinski definition) is 8. The quantitative estimate of drug-likeness (QED) is 0.128. The van der Waals surface area contributed by atoms with Gasteiger partial charge >= 0.3 is 12.2 Å². The van der Waals surface area contributed by atoms with Crippen LogP contribution in [0.3, 0.4) is 0 Å². The van der Waals surface area contributed by atoms with Gasteiger partial charge in [-0.15, -0.1) is 0 Å². The largest absolute Gasteiger partial charge is 0.465 e. The predicted molar refractivity (Wildman–Crippen MR) is 223 cm³/mol. The number of aromatic amines is 1. The number of carboxylic acid groups (broad SMARTS) is 1. The van der Waals surface area contributed by atoms with E-state index in [1.165, 1.54) is 7.11 Å². The predicted octanol–water partition coefficient (Wildman–Crippen LogP) is 6.07. The lowest BCUT2D eigenvalue weighted by atomic mass is 9.90. The maximum absolute atomic E-state index is 14.1. The molecule has 3 aromatic carbocycles. The Kier molecular flexibility index (Phi) is 11.7. The lowest BCUT2D eigenvalue weighted by Gasteiger charge is -2.34. The standard InChI is InChI=1S/C45H50N8O7/c1-27(2)37(49-44(56)57)42(54)53-22-5-7-36(53)41-46-20-23-51(41)32-14-10-28(11-15-32)8-9-29-12-16-33-31(26-29)13-17-34-39(33)48-40(47-34)35-6-4-21-52(35)43(55)38(50-45(58)59-3)30-18-24-60-25-19-30/h10-17,20,23,26-27,30,35-38,49H,4-7,18-19,21-22,24-25H2,1-3H3,(H,47,48)(H,50,58)(H,56,57)/t35-,36-,37-,38-/m0/s1. The number of fused-ring (bicyclic) bond motifs is 3. The SMILES string of the molecule is COC(=O)N[C@H](C(=O)N1CCC[C@H]1c1nc2c(ccc3cc(C#Cc4ccc(-n5ccnc5[C@@H]5CCCN5C(=O)[C@@H](NC(=O)O)C(C)C)cc4)ccc32)[nH]1)C1CCOCC1. The van der Waals surface area contributed by atoms with Gasteiger partial charge in [-0.25, -0.2) is 19.6 Å². The van der Waals surface area contributed by atoms with Crippen molar-refractivity contribution in [1.82, 2.24) is 40.0 Å². The van der Waals surface area contributed by atoms with E-state index in [2.05, 4.69) is 38.5 Å². The van der Waals surface area contributed by atoms with E-state index in [4.69, 9.17) is 14.5 Å². The summed E-state index contributed by atoms with van der Waals surface area (Å²) in [6, 6.07) is 15.9. The number of aromatic nitrogens is 4. The molecule has 15 heteroatoms. The van der Waals surface area contributed by atoms with E-state index in [9.17, 15) is 24.3 Å². The van der Waals surface area contributed by atoms with Crippen LogP contribution in [0.5, 0.6) is 0 Å². The number of imidazole rings is 2. The number of carbonyl (C=O) groups is 4. The van der Waals surface area contributed by atoms with Crippen molar-refractivity contribution in [2.45, 2.75) is 76.5 Å². The van der Waals surface area contributed by atoms with Gasteiger partial charge in [-0.3, -0.25) is 9.59 Å². The minimum atomic E-state index is -1.22. The lowest BCUT2D eigenvalue weighted by Crippen LogP contribution is -2.53. The number of rotatable bonds is 9. The van der Waals surface area contributed by atoms with Crippen molar-refractivity contribution in [3.05, 3.63) is 89.8 Å². The molecule has 3 fully saturated rings. The second kappa shape index (κ2) is 17.4. The van der Waals surface area contributed by atoms with Crippen molar-refractivity contribution in [1.29, 1.82) is 0 Å². The van der Waals surface area contributed by atoms with Crippen LogP contribution in [-0.4, -0.2) is 104 Å². The molecule has 15 nitrogen and oxygen atoms in total. The van der Waals surface area contributed by atoms with Crippen molar-refractivity contribution in [2.75, 3.05) is 33.4 Å². The van der Waals surface area contributed by atoms with Crippen molar-refractivity contribution in [2.24, 2.45) is 11.8 Å². The Hall–Kier alpha value is -6.40. The van der Waals surface area contributed by atoms with E-state index in [1.807, 2.05) is 78.0 Å². The molecular weight excluding hydrogens is 765 g/mol. The molecule has 0 aliphatic carbocycles. The van der Waals surface area contributed by atoms with Crippen LogP contribution in [0.15, 0.2) is 67.0 Å². The summed E-state index contributed by atoms with van der Waals surface area (Å²) in [5.74, 6) is 7.45. The average molecular weight is 815 g/mol. The number of ether oxygens (including phenoxy) is 2. The molecule has 0 spiro atoms. The topological polar surface area (TPSA) is 184 Å². The number of nitrogens with one attached hydrogen (secondary N) is 3. The van der Waals surface area contributed by atoms with Gasteiger partial charge in [0, 0.05) is 60.9 Å². The van der Waals surface area contributed by atoms with Gasteiger partial charge in [0.25, 0.3) is 0 Å². The van der Waals surface area contributed by atoms with Gasteiger partial charge in [-0.2, -0.15) is 0 Å². The smallest absolute Gasteiger partial charge is 0.407 e. The number of H-pyrrole nitrogens is 1. The third-order valence-corrected chi connectivity index (χ3v) is 12.0. The number of nitrogens with zero attached hydrogens (tertiary/aromatic N) is 5. The highest BCUT2D eigenvalue weighted by Crippen LogP contribution is 2.36. The number of methoxy groups -OCH3 is 1. The van der Waals surface area contributed by atoms with Gasteiger partial charge in [0.15, 0.2) is 0 Å². The maximum atomic E-state index is 14.1. The summed E-state index contributed by atoms with van der Waals surface area (Å²) >= 11 is 0. The lowest BCUT2D eigenvalue weighted by molar-refractivity contribution is -0.137. The normalized spacial score (nSPS) is 19.3. The molecule has 0 bridgehead atoms. The van der Waals surface area contributed by atoms with Gasteiger partial charge in [0.1, 0.15) is 23.7 Å². The molecule has 5 heterocycles. The van der Waals surface area contributed by atoms with Crippen molar-refractivity contribution >= 4 is 45.8 Å². The van der Waals surface area contributed by atoms with Crippen molar-refractivity contribution < 1.29 is 33.8 Å². The molecule has 4 atom stereocenters. The molecule has 3 saturated heterocycles. The van der Waals surface area contributed by atoms with E-state index >= 15 is 0 Å².